The van der Waals surface area contributed by atoms with Crippen LogP contribution in [0.25, 0.3) is 0 Å². The van der Waals surface area contributed by atoms with Gasteiger partial charge in [-0.2, -0.15) is 5.10 Å². The maximum Gasteiger partial charge on any atom is 0.333 e. The molecule has 1 aromatic carbocycles. The summed E-state index contributed by atoms with van der Waals surface area (Å²) in [4.78, 5) is 24.4. The van der Waals surface area contributed by atoms with Gasteiger partial charge in [0.2, 0.25) is 5.88 Å². The molecular weight excluding hydrogens is 380 g/mol. The molecule has 30 heavy (non-hydrogen) atoms. The zero-order valence-corrected chi connectivity index (χ0v) is 18.1. The minimum absolute atomic E-state index is 0.0653. The van der Waals surface area contributed by atoms with Crippen molar-refractivity contribution in [3.05, 3.63) is 61.8 Å². The molecule has 1 atom stereocenters. The number of rotatable bonds is 9. The molecule has 1 aliphatic rings. The van der Waals surface area contributed by atoms with E-state index in [1.54, 1.807) is 0 Å². The number of aryl methyl sites for hydroxylation is 1. The van der Waals surface area contributed by atoms with Crippen molar-refractivity contribution in [2.24, 2.45) is 19.2 Å². The molecule has 2 heterocycles. The lowest BCUT2D eigenvalue weighted by atomic mass is 9.97. The average molecular weight is 413 g/mol. The van der Waals surface area contributed by atoms with Crippen molar-refractivity contribution < 1.29 is 5.11 Å². The fraction of sp³-hybridized carbons (Fsp3) is 0.522. The predicted molar refractivity (Wildman–Crippen MR) is 119 cm³/mol. The van der Waals surface area contributed by atoms with Gasteiger partial charge in [-0.15, -0.1) is 0 Å². The molecule has 0 saturated carbocycles. The molecule has 0 amide bonds. The highest BCUT2D eigenvalue weighted by Gasteiger charge is 2.27. The molecule has 1 unspecified atom stereocenters. The van der Waals surface area contributed by atoms with E-state index in [0.717, 1.165) is 21.1 Å². The van der Waals surface area contributed by atoms with Crippen LogP contribution in [0.5, 0.6) is 5.88 Å². The molecule has 0 aliphatic carbocycles. The van der Waals surface area contributed by atoms with Gasteiger partial charge < -0.3 is 10.5 Å². The molecule has 1 aliphatic heterocycles. The Labute approximate surface area is 177 Å². The van der Waals surface area contributed by atoms with E-state index in [0.29, 0.717) is 12.1 Å². The first-order valence-corrected chi connectivity index (χ1v) is 10.8. The zero-order chi connectivity index (χ0) is 21.7. The molecule has 2 N–H and O–H groups in total. The topological polar surface area (TPSA) is 88.6 Å². The first-order chi connectivity index (χ1) is 14.4. The summed E-state index contributed by atoms with van der Waals surface area (Å²) in [6.07, 6.45) is 9.31. The number of unbranched alkanes of at least 4 members (excludes halogenated alkanes) is 5. The molecule has 0 saturated heterocycles. The summed E-state index contributed by atoms with van der Waals surface area (Å²) in [7, 11) is 2.83. The van der Waals surface area contributed by atoms with Crippen LogP contribution in [0.15, 0.2) is 39.0 Å². The van der Waals surface area contributed by atoms with E-state index in [4.69, 9.17) is 0 Å². The third-order valence-electron chi connectivity index (χ3n) is 5.88. The maximum atomic E-state index is 12.5. The van der Waals surface area contributed by atoms with Crippen LogP contribution in [0.3, 0.4) is 0 Å². The third kappa shape index (κ3) is 4.66. The molecular formula is C23H32N4O3. The van der Waals surface area contributed by atoms with Crippen LogP contribution in [0, 0.1) is 0 Å². The van der Waals surface area contributed by atoms with Crippen molar-refractivity contribution in [1.82, 2.24) is 14.6 Å². The number of aromatic nitrogens is 2. The minimum Gasteiger partial charge on any atom is -0.494 e. The number of hydrogen-bond donors (Lipinski definition) is 2. The first kappa shape index (κ1) is 21.9. The van der Waals surface area contributed by atoms with Crippen molar-refractivity contribution in [3.63, 3.8) is 0 Å². The third-order valence-corrected chi connectivity index (χ3v) is 5.88. The Bertz CT molecular complexity index is 1020. The Morgan fingerprint density at radius 3 is 2.40 bits per heavy atom. The second kappa shape index (κ2) is 9.78. The van der Waals surface area contributed by atoms with Gasteiger partial charge in [0.25, 0.3) is 5.56 Å². The SMILES string of the molecule is CCCCCCCCc1ccc(C2CC(c3c(O)n(C)c(=O)n(C)c3=O)=NN2)cc1. The summed E-state index contributed by atoms with van der Waals surface area (Å²) in [6.45, 7) is 2.24. The quantitative estimate of drug-likeness (QED) is 0.620. The Morgan fingerprint density at radius 2 is 1.70 bits per heavy atom. The van der Waals surface area contributed by atoms with Gasteiger partial charge >= 0.3 is 5.69 Å². The largest absolute Gasteiger partial charge is 0.494 e. The summed E-state index contributed by atoms with van der Waals surface area (Å²) in [5, 5.41) is 14.6. The van der Waals surface area contributed by atoms with Gasteiger partial charge in [-0.1, -0.05) is 63.3 Å². The van der Waals surface area contributed by atoms with Gasteiger partial charge in [-0.25, -0.2) is 4.79 Å². The maximum absolute atomic E-state index is 12.5. The summed E-state index contributed by atoms with van der Waals surface area (Å²) in [5.74, 6) is -0.349. The van der Waals surface area contributed by atoms with E-state index in [1.165, 1.54) is 58.2 Å². The molecule has 2 aromatic rings. The standard InChI is InChI=1S/C23H32N4O3/c1-4-5-6-7-8-9-10-16-11-13-17(14-12-16)18-15-19(25-24-18)20-21(28)26(2)23(30)27(3)22(20)29/h11-14,18,24,28H,4-10,15H2,1-3H3. The van der Waals surface area contributed by atoms with E-state index in [1.807, 2.05) is 0 Å². The zero-order valence-electron chi connectivity index (χ0n) is 18.1. The van der Waals surface area contributed by atoms with Crippen LogP contribution in [-0.2, 0) is 20.5 Å². The second-order valence-electron chi connectivity index (χ2n) is 8.11. The summed E-state index contributed by atoms with van der Waals surface area (Å²) in [6, 6.07) is 8.44. The number of hydrazone groups is 1. The van der Waals surface area contributed by atoms with Crippen LogP contribution in [0.2, 0.25) is 0 Å². The van der Waals surface area contributed by atoms with Gasteiger partial charge in [0.15, 0.2) is 0 Å². The minimum atomic E-state index is -0.565. The van der Waals surface area contributed by atoms with Crippen molar-refractivity contribution in [1.29, 1.82) is 0 Å². The highest BCUT2D eigenvalue weighted by molar-refractivity contribution is 6.03. The molecule has 3 rings (SSSR count). The number of nitrogens with zero attached hydrogens (tertiary/aromatic N) is 3. The summed E-state index contributed by atoms with van der Waals surface area (Å²) < 4.78 is 2.05. The van der Waals surface area contributed by atoms with Crippen molar-refractivity contribution in [2.75, 3.05) is 0 Å². The number of hydrogen-bond acceptors (Lipinski definition) is 5. The van der Waals surface area contributed by atoms with Gasteiger partial charge in [0, 0.05) is 20.5 Å². The summed E-state index contributed by atoms with van der Waals surface area (Å²) in [5.41, 5.74) is 4.92. The van der Waals surface area contributed by atoms with Crippen LogP contribution in [0.1, 0.15) is 74.6 Å². The van der Waals surface area contributed by atoms with E-state index in [-0.39, 0.29) is 17.5 Å². The van der Waals surface area contributed by atoms with E-state index in [2.05, 4.69) is 41.7 Å². The molecule has 7 heteroatoms. The van der Waals surface area contributed by atoms with Crippen molar-refractivity contribution in [2.45, 2.75) is 64.3 Å². The highest BCUT2D eigenvalue weighted by Crippen LogP contribution is 2.26. The van der Waals surface area contributed by atoms with Crippen molar-refractivity contribution >= 4 is 5.71 Å². The Kier molecular flexibility index (Phi) is 7.13. The number of benzene rings is 1. The van der Waals surface area contributed by atoms with Gasteiger partial charge in [0.05, 0.1) is 11.8 Å². The van der Waals surface area contributed by atoms with E-state index < -0.39 is 11.2 Å². The van der Waals surface area contributed by atoms with Crippen LogP contribution < -0.4 is 16.7 Å². The fourth-order valence-corrected chi connectivity index (χ4v) is 3.90. The molecule has 7 nitrogen and oxygen atoms in total. The van der Waals surface area contributed by atoms with Crippen LogP contribution in [0.4, 0.5) is 0 Å². The smallest absolute Gasteiger partial charge is 0.333 e. The molecule has 0 fully saturated rings. The number of aromatic hydroxyl groups is 1. The molecule has 162 valence electrons. The molecule has 1 aromatic heterocycles. The Balaban J connectivity index is 1.62. The first-order valence-electron chi connectivity index (χ1n) is 10.8. The normalized spacial score (nSPS) is 15.8. The van der Waals surface area contributed by atoms with E-state index >= 15 is 0 Å². The average Bonchev–Trinajstić information content (AvgIpc) is 3.23. The van der Waals surface area contributed by atoms with Gasteiger partial charge in [0.1, 0.15) is 5.56 Å². The lowest BCUT2D eigenvalue weighted by molar-refractivity contribution is 0.410. The molecule has 0 bridgehead atoms. The monoisotopic (exact) mass is 412 g/mol. The highest BCUT2D eigenvalue weighted by atomic mass is 16.3. The van der Waals surface area contributed by atoms with E-state index in [9.17, 15) is 14.7 Å². The van der Waals surface area contributed by atoms with Crippen LogP contribution in [-0.4, -0.2) is 20.0 Å². The predicted octanol–water partition coefficient (Wildman–Crippen LogP) is 3.13. The van der Waals surface area contributed by atoms with Gasteiger partial charge in [-0.3, -0.25) is 13.9 Å². The number of nitrogens with one attached hydrogen (secondary N) is 1. The Hall–Kier alpha value is -2.83. The summed E-state index contributed by atoms with van der Waals surface area (Å²) >= 11 is 0. The second-order valence-corrected chi connectivity index (χ2v) is 8.11. The lowest BCUT2D eigenvalue weighted by Gasteiger charge is -2.12. The Morgan fingerprint density at radius 1 is 1.03 bits per heavy atom. The lowest BCUT2D eigenvalue weighted by Crippen LogP contribution is -2.39. The fourth-order valence-electron chi connectivity index (χ4n) is 3.90. The molecule has 0 spiro atoms. The van der Waals surface area contributed by atoms with Crippen LogP contribution >= 0.6 is 0 Å². The molecule has 0 radical (unpaired) electrons. The van der Waals surface area contributed by atoms with Gasteiger partial charge in [-0.05, 0) is 24.0 Å². The van der Waals surface area contributed by atoms with Crippen molar-refractivity contribution in [3.8, 4) is 5.88 Å².